The van der Waals surface area contributed by atoms with Gasteiger partial charge in [0.1, 0.15) is 6.61 Å². The van der Waals surface area contributed by atoms with Crippen LogP contribution in [-0.4, -0.2) is 25.7 Å². The summed E-state index contributed by atoms with van der Waals surface area (Å²) in [7, 11) is -3.63. The fraction of sp³-hybridized carbons (Fsp3) is 0.429. The second kappa shape index (κ2) is 6.20. The summed E-state index contributed by atoms with van der Waals surface area (Å²) < 4.78 is 27.4. The lowest BCUT2D eigenvalue weighted by molar-refractivity contribution is 0.350. The zero-order valence-corrected chi connectivity index (χ0v) is 12.2. The molecule has 0 atom stereocenters. The summed E-state index contributed by atoms with van der Waals surface area (Å²) in [5, 5.41) is 8.71. The van der Waals surface area contributed by atoms with Gasteiger partial charge in [-0.1, -0.05) is 30.9 Å². The Morgan fingerprint density at radius 2 is 1.95 bits per heavy atom. The zero-order valence-electron chi connectivity index (χ0n) is 11.4. The quantitative estimate of drug-likeness (QED) is 0.822. The summed E-state index contributed by atoms with van der Waals surface area (Å²) in [4.78, 5) is 0.137. The molecule has 1 rings (SSSR count). The highest BCUT2D eigenvalue weighted by Crippen LogP contribution is 2.18. The van der Waals surface area contributed by atoms with Crippen molar-refractivity contribution in [2.45, 2.75) is 37.6 Å². The lowest BCUT2D eigenvalue weighted by Gasteiger charge is -2.24. The molecule has 0 amide bonds. The van der Waals surface area contributed by atoms with Crippen molar-refractivity contribution in [1.29, 1.82) is 0 Å². The Balaban J connectivity index is 3.22. The van der Waals surface area contributed by atoms with E-state index in [0.717, 1.165) is 0 Å². The molecule has 0 aliphatic heterocycles. The Labute approximate surface area is 114 Å². The molecule has 0 aliphatic carbocycles. The van der Waals surface area contributed by atoms with E-state index in [0.29, 0.717) is 12.0 Å². The lowest BCUT2D eigenvalue weighted by Crippen LogP contribution is -2.42. The van der Waals surface area contributed by atoms with Crippen LogP contribution in [0.2, 0.25) is 0 Å². The first kappa shape index (κ1) is 15.7. The van der Waals surface area contributed by atoms with Crippen LogP contribution in [0.3, 0.4) is 0 Å². The van der Waals surface area contributed by atoms with Crippen LogP contribution in [0.15, 0.2) is 29.2 Å². The van der Waals surface area contributed by atoms with Crippen LogP contribution in [0.25, 0.3) is 0 Å². The number of nitrogens with one attached hydrogen (secondary N) is 1. The monoisotopic (exact) mass is 281 g/mol. The van der Waals surface area contributed by atoms with Gasteiger partial charge >= 0.3 is 0 Å². The van der Waals surface area contributed by atoms with Crippen molar-refractivity contribution in [3.63, 3.8) is 0 Å². The second-order valence-corrected chi connectivity index (χ2v) is 6.45. The third kappa shape index (κ3) is 4.35. The fourth-order valence-corrected chi connectivity index (χ4v) is 3.08. The van der Waals surface area contributed by atoms with Crippen molar-refractivity contribution < 1.29 is 13.5 Å². The maximum Gasteiger partial charge on any atom is 0.242 e. The number of sulfonamides is 1. The van der Waals surface area contributed by atoms with E-state index in [9.17, 15) is 8.42 Å². The van der Waals surface area contributed by atoms with Gasteiger partial charge in [-0.05, 0) is 32.4 Å². The van der Waals surface area contributed by atoms with E-state index < -0.39 is 15.6 Å². The van der Waals surface area contributed by atoms with Gasteiger partial charge in [-0.25, -0.2) is 13.1 Å². The Hall–Kier alpha value is -1.35. The first-order valence-electron chi connectivity index (χ1n) is 6.05. The van der Waals surface area contributed by atoms with E-state index in [1.165, 1.54) is 6.07 Å². The van der Waals surface area contributed by atoms with Crippen molar-refractivity contribution in [1.82, 2.24) is 4.72 Å². The Morgan fingerprint density at radius 3 is 2.53 bits per heavy atom. The predicted octanol–water partition coefficient (Wildman–Crippen LogP) is 1.50. The molecule has 104 valence electrons. The van der Waals surface area contributed by atoms with Crippen molar-refractivity contribution >= 4 is 10.0 Å². The fourth-order valence-electron chi connectivity index (χ4n) is 1.43. The molecular weight excluding hydrogens is 262 g/mol. The molecule has 0 aromatic heterocycles. The Bertz CT molecular complexity index is 595. The predicted molar refractivity (Wildman–Crippen MR) is 75.1 cm³/mol. The van der Waals surface area contributed by atoms with Gasteiger partial charge in [-0.2, -0.15) is 0 Å². The molecule has 1 aromatic rings. The third-order valence-corrected chi connectivity index (χ3v) is 4.53. The van der Waals surface area contributed by atoms with Crippen molar-refractivity contribution in [2.24, 2.45) is 0 Å². The van der Waals surface area contributed by atoms with Crippen LogP contribution in [0.1, 0.15) is 32.8 Å². The van der Waals surface area contributed by atoms with E-state index in [1.54, 1.807) is 18.2 Å². The number of aliphatic hydroxyl groups is 1. The van der Waals surface area contributed by atoms with Crippen molar-refractivity contribution in [3.8, 4) is 11.8 Å². The van der Waals surface area contributed by atoms with E-state index in [2.05, 4.69) is 16.6 Å². The zero-order chi connectivity index (χ0) is 14.5. The number of aliphatic hydroxyl groups excluding tert-OH is 1. The molecular formula is C14H19NO3S. The van der Waals surface area contributed by atoms with Gasteiger partial charge in [0.15, 0.2) is 0 Å². The molecule has 0 radical (unpaired) electrons. The molecule has 2 N–H and O–H groups in total. The summed E-state index contributed by atoms with van der Waals surface area (Å²) in [5.74, 6) is 5.12. The summed E-state index contributed by atoms with van der Waals surface area (Å²) in [6.07, 6.45) is 0.677. The number of hydrogen-bond acceptors (Lipinski definition) is 3. The lowest BCUT2D eigenvalue weighted by atomic mass is 10.0. The molecule has 4 nitrogen and oxygen atoms in total. The van der Waals surface area contributed by atoms with Crippen LogP contribution in [0, 0.1) is 11.8 Å². The van der Waals surface area contributed by atoms with Crippen LogP contribution < -0.4 is 4.72 Å². The largest absolute Gasteiger partial charge is 0.384 e. The standard InChI is InChI=1S/C14H19NO3S/c1-4-14(2,3)15-19(17,18)13-10-6-5-8-12(13)9-7-11-16/h5-6,8,10,15-16H,4,11H2,1-3H3. The molecule has 0 spiro atoms. The molecule has 0 unspecified atom stereocenters. The molecule has 0 aliphatic rings. The first-order valence-corrected chi connectivity index (χ1v) is 7.53. The molecule has 0 saturated heterocycles. The maximum absolute atomic E-state index is 12.3. The van der Waals surface area contributed by atoms with Gasteiger partial charge < -0.3 is 5.11 Å². The number of rotatable bonds is 4. The molecule has 0 fully saturated rings. The van der Waals surface area contributed by atoms with Crippen LogP contribution in [0.5, 0.6) is 0 Å². The number of hydrogen-bond donors (Lipinski definition) is 2. The average Bonchev–Trinajstić information content (AvgIpc) is 2.35. The van der Waals surface area contributed by atoms with Crippen LogP contribution in [0.4, 0.5) is 0 Å². The SMILES string of the molecule is CCC(C)(C)NS(=O)(=O)c1ccccc1C#CCO. The maximum atomic E-state index is 12.3. The molecule has 1 aromatic carbocycles. The van der Waals surface area contributed by atoms with E-state index in [-0.39, 0.29) is 11.5 Å². The molecule has 5 heteroatoms. The highest BCUT2D eigenvalue weighted by Gasteiger charge is 2.25. The topological polar surface area (TPSA) is 66.4 Å². The summed E-state index contributed by atoms with van der Waals surface area (Å²) in [5.41, 5.74) is -0.132. The highest BCUT2D eigenvalue weighted by molar-refractivity contribution is 7.89. The normalized spacial score (nSPS) is 11.8. The van der Waals surface area contributed by atoms with E-state index in [1.807, 2.05) is 20.8 Å². The minimum Gasteiger partial charge on any atom is -0.384 e. The van der Waals surface area contributed by atoms with Gasteiger partial charge in [0, 0.05) is 11.1 Å². The Kier molecular flexibility index (Phi) is 5.12. The molecule has 0 bridgehead atoms. The third-order valence-electron chi connectivity index (χ3n) is 2.77. The summed E-state index contributed by atoms with van der Waals surface area (Å²) >= 11 is 0. The van der Waals surface area contributed by atoms with E-state index in [4.69, 9.17) is 5.11 Å². The van der Waals surface area contributed by atoms with E-state index >= 15 is 0 Å². The van der Waals surface area contributed by atoms with Crippen molar-refractivity contribution in [2.75, 3.05) is 6.61 Å². The molecule has 0 heterocycles. The molecule has 0 saturated carbocycles. The Morgan fingerprint density at radius 1 is 1.32 bits per heavy atom. The van der Waals surface area contributed by atoms with Crippen LogP contribution >= 0.6 is 0 Å². The van der Waals surface area contributed by atoms with Gasteiger partial charge in [0.2, 0.25) is 10.0 Å². The van der Waals surface area contributed by atoms with Gasteiger partial charge in [0.05, 0.1) is 4.90 Å². The summed E-state index contributed by atoms with van der Waals surface area (Å²) in [6.45, 7) is 5.27. The summed E-state index contributed by atoms with van der Waals surface area (Å²) in [6, 6.07) is 6.49. The first-order chi connectivity index (χ1) is 8.82. The smallest absolute Gasteiger partial charge is 0.242 e. The molecule has 19 heavy (non-hydrogen) atoms. The van der Waals surface area contributed by atoms with Crippen molar-refractivity contribution in [3.05, 3.63) is 29.8 Å². The minimum absolute atomic E-state index is 0.137. The van der Waals surface area contributed by atoms with Gasteiger partial charge in [0.25, 0.3) is 0 Å². The minimum atomic E-state index is -3.63. The number of benzene rings is 1. The van der Waals surface area contributed by atoms with Gasteiger partial charge in [-0.3, -0.25) is 0 Å². The van der Waals surface area contributed by atoms with Gasteiger partial charge in [-0.15, -0.1) is 0 Å². The average molecular weight is 281 g/mol. The second-order valence-electron chi connectivity index (χ2n) is 4.80. The van der Waals surface area contributed by atoms with Crippen LogP contribution in [-0.2, 0) is 10.0 Å². The highest BCUT2D eigenvalue weighted by atomic mass is 32.2.